The van der Waals surface area contributed by atoms with Gasteiger partial charge < -0.3 is 9.47 Å². The number of nitrogens with zero attached hydrogens (tertiary/aromatic N) is 1. The number of methoxy groups -OCH3 is 1. The van der Waals surface area contributed by atoms with Crippen LogP contribution in [0.4, 0.5) is 0 Å². The number of rotatable bonds is 4. The minimum Gasteiger partial charge on any atom is -0.465 e. The Labute approximate surface area is 167 Å². The maximum atomic E-state index is 12.2. The summed E-state index contributed by atoms with van der Waals surface area (Å²) in [7, 11) is 1.33. The molecule has 0 atom stereocenters. The first-order chi connectivity index (χ1) is 14.1. The van der Waals surface area contributed by atoms with Gasteiger partial charge in [-0.05, 0) is 47.0 Å². The van der Waals surface area contributed by atoms with Gasteiger partial charge >= 0.3 is 11.9 Å². The molecule has 0 aromatic heterocycles. The van der Waals surface area contributed by atoms with Gasteiger partial charge in [-0.1, -0.05) is 54.6 Å². The zero-order valence-electron chi connectivity index (χ0n) is 15.7. The third kappa shape index (κ3) is 3.99. The third-order valence-corrected chi connectivity index (χ3v) is 4.49. The lowest BCUT2D eigenvalue weighted by molar-refractivity contribution is -0.129. The van der Waals surface area contributed by atoms with Crippen LogP contribution in [0.25, 0.3) is 17.2 Å². The van der Waals surface area contributed by atoms with Crippen molar-refractivity contribution in [3.05, 3.63) is 101 Å². The number of ether oxygens (including phenoxy) is 2. The van der Waals surface area contributed by atoms with E-state index < -0.39 is 11.9 Å². The van der Waals surface area contributed by atoms with Gasteiger partial charge in [0.05, 0.1) is 12.7 Å². The van der Waals surface area contributed by atoms with E-state index in [1.165, 1.54) is 7.11 Å². The molecule has 1 aliphatic heterocycles. The average molecular weight is 383 g/mol. The first kappa shape index (κ1) is 18.4. The highest BCUT2D eigenvalue weighted by molar-refractivity contribution is 6.13. The molecule has 0 N–H and O–H groups in total. The number of esters is 2. The number of carbonyl (C=O) groups excluding carboxylic acids is 2. The van der Waals surface area contributed by atoms with Gasteiger partial charge in [-0.2, -0.15) is 0 Å². The van der Waals surface area contributed by atoms with Crippen LogP contribution in [0.1, 0.15) is 21.5 Å². The van der Waals surface area contributed by atoms with Gasteiger partial charge in [0.1, 0.15) is 0 Å². The first-order valence-electron chi connectivity index (χ1n) is 9.01. The smallest absolute Gasteiger partial charge is 0.363 e. The Kier molecular flexibility index (Phi) is 5.03. The summed E-state index contributed by atoms with van der Waals surface area (Å²) in [5, 5.41) is 0. The molecular formula is C24H17NO4. The summed E-state index contributed by atoms with van der Waals surface area (Å²) in [5.74, 6) is -0.653. The van der Waals surface area contributed by atoms with Crippen molar-refractivity contribution in [2.45, 2.75) is 0 Å². The zero-order chi connectivity index (χ0) is 20.2. The maximum absolute atomic E-state index is 12.2. The molecule has 0 bridgehead atoms. The number of carbonyl (C=O) groups is 2. The molecular weight excluding hydrogens is 366 g/mol. The highest BCUT2D eigenvalue weighted by Gasteiger charge is 2.24. The van der Waals surface area contributed by atoms with Gasteiger partial charge in [0.15, 0.2) is 5.70 Å². The van der Waals surface area contributed by atoms with Crippen LogP contribution in [0, 0.1) is 0 Å². The van der Waals surface area contributed by atoms with Crippen molar-refractivity contribution in [3.63, 3.8) is 0 Å². The van der Waals surface area contributed by atoms with Gasteiger partial charge in [-0.25, -0.2) is 14.6 Å². The number of cyclic esters (lactones) is 1. The van der Waals surface area contributed by atoms with E-state index in [0.717, 1.165) is 22.3 Å². The fraction of sp³-hybridized carbons (Fsp3) is 0.0417. The Bertz CT molecular complexity index is 1110. The molecule has 1 aliphatic rings. The van der Waals surface area contributed by atoms with Crippen molar-refractivity contribution in [1.29, 1.82) is 0 Å². The van der Waals surface area contributed by atoms with Gasteiger partial charge in [0.2, 0.25) is 5.90 Å². The molecule has 5 nitrogen and oxygen atoms in total. The predicted octanol–water partition coefficient (Wildman–Crippen LogP) is 4.48. The second-order valence-corrected chi connectivity index (χ2v) is 6.39. The first-order valence-corrected chi connectivity index (χ1v) is 9.01. The van der Waals surface area contributed by atoms with E-state index in [0.29, 0.717) is 5.56 Å². The van der Waals surface area contributed by atoms with E-state index in [1.54, 1.807) is 30.3 Å². The van der Waals surface area contributed by atoms with Crippen molar-refractivity contribution >= 4 is 23.9 Å². The molecule has 142 valence electrons. The minimum absolute atomic E-state index is 0.206. The van der Waals surface area contributed by atoms with Crippen molar-refractivity contribution in [3.8, 4) is 11.1 Å². The quantitative estimate of drug-likeness (QED) is 0.492. The predicted molar refractivity (Wildman–Crippen MR) is 110 cm³/mol. The van der Waals surface area contributed by atoms with Gasteiger partial charge in [-0.3, -0.25) is 0 Å². The van der Waals surface area contributed by atoms with Crippen LogP contribution in [-0.4, -0.2) is 24.9 Å². The van der Waals surface area contributed by atoms with Crippen LogP contribution in [0.2, 0.25) is 0 Å². The van der Waals surface area contributed by atoms with E-state index in [4.69, 9.17) is 4.74 Å². The Balaban J connectivity index is 1.56. The van der Waals surface area contributed by atoms with E-state index in [2.05, 4.69) is 9.73 Å². The molecule has 0 saturated heterocycles. The summed E-state index contributed by atoms with van der Waals surface area (Å²) in [6.45, 7) is 0. The molecule has 0 aliphatic carbocycles. The number of hydrogen-bond acceptors (Lipinski definition) is 5. The summed E-state index contributed by atoms with van der Waals surface area (Å²) in [4.78, 5) is 28.0. The number of hydrogen-bond donors (Lipinski definition) is 0. The molecule has 29 heavy (non-hydrogen) atoms. The van der Waals surface area contributed by atoms with Crippen LogP contribution < -0.4 is 0 Å². The maximum Gasteiger partial charge on any atom is 0.363 e. The molecule has 0 radical (unpaired) electrons. The Morgan fingerprint density at radius 2 is 1.48 bits per heavy atom. The highest BCUT2D eigenvalue weighted by atomic mass is 16.6. The van der Waals surface area contributed by atoms with Gasteiger partial charge in [0.25, 0.3) is 0 Å². The van der Waals surface area contributed by atoms with Crippen LogP contribution >= 0.6 is 0 Å². The summed E-state index contributed by atoms with van der Waals surface area (Å²) in [5.41, 5.74) is 4.28. The molecule has 3 aromatic rings. The van der Waals surface area contributed by atoms with Crippen LogP contribution in [0.15, 0.2) is 89.6 Å². The number of aliphatic imine (C=N–C) groups is 1. The van der Waals surface area contributed by atoms with Crippen molar-refractivity contribution in [2.24, 2.45) is 4.99 Å². The van der Waals surface area contributed by atoms with Crippen molar-refractivity contribution in [2.75, 3.05) is 7.11 Å². The van der Waals surface area contributed by atoms with Crippen LogP contribution in [0.5, 0.6) is 0 Å². The fourth-order valence-corrected chi connectivity index (χ4v) is 2.96. The molecule has 1 heterocycles. The van der Waals surface area contributed by atoms with Crippen molar-refractivity contribution < 1.29 is 19.1 Å². The molecule has 3 aromatic carbocycles. The monoisotopic (exact) mass is 383 g/mol. The topological polar surface area (TPSA) is 65.0 Å². The standard InChI is InChI=1S/C24H17NO4/c1-28-23(26)20-9-7-16(8-10-20)15-21-24(27)29-22(25-21)19-13-11-18(12-14-19)17-5-3-2-4-6-17/h2-15H,1H3/b21-15-. The molecule has 0 fully saturated rings. The summed E-state index contributed by atoms with van der Waals surface area (Å²) >= 11 is 0. The number of benzene rings is 3. The summed E-state index contributed by atoms with van der Waals surface area (Å²) in [6, 6.07) is 24.4. The lowest BCUT2D eigenvalue weighted by Gasteiger charge is -2.03. The van der Waals surface area contributed by atoms with Gasteiger partial charge in [0, 0.05) is 5.56 Å². The largest absolute Gasteiger partial charge is 0.465 e. The molecule has 0 spiro atoms. The Morgan fingerprint density at radius 1 is 0.862 bits per heavy atom. The SMILES string of the molecule is COC(=O)c1ccc(/C=C2\N=C(c3ccc(-c4ccccc4)cc3)OC2=O)cc1. The molecule has 0 saturated carbocycles. The zero-order valence-corrected chi connectivity index (χ0v) is 15.7. The summed E-state index contributed by atoms with van der Waals surface area (Å²) in [6.07, 6.45) is 1.62. The van der Waals surface area contributed by atoms with Crippen molar-refractivity contribution in [1.82, 2.24) is 0 Å². The second-order valence-electron chi connectivity index (χ2n) is 6.39. The Morgan fingerprint density at radius 3 is 2.14 bits per heavy atom. The van der Waals surface area contributed by atoms with E-state index in [9.17, 15) is 9.59 Å². The summed E-state index contributed by atoms with van der Waals surface area (Å²) < 4.78 is 10.0. The second kappa shape index (κ2) is 7.94. The fourth-order valence-electron chi connectivity index (χ4n) is 2.96. The molecule has 4 rings (SSSR count). The third-order valence-electron chi connectivity index (χ3n) is 4.49. The normalized spacial score (nSPS) is 14.4. The average Bonchev–Trinajstić information content (AvgIpc) is 3.14. The minimum atomic E-state index is -0.510. The van der Waals surface area contributed by atoms with Crippen LogP contribution in [-0.2, 0) is 14.3 Å². The van der Waals surface area contributed by atoms with Gasteiger partial charge in [-0.15, -0.1) is 0 Å². The lowest BCUT2D eigenvalue weighted by atomic mass is 10.0. The molecule has 0 unspecified atom stereocenters. The molecule has 0 amide bonds. The molecule has 5 heteroatoms. The van der Waals surface area contributed by atoms with E-state index in [-0.39, 0.29) is 11.6 Å². The highest BCUT2D eigenvalue weighted by Crippen LogP contribution is 2.23. The van der Waals surface area contributed by atoms with E-state index >= 15 is 0 Å². The van der Waals surface area contributed by atoms with Crippen LogP contribution in [0.3, 0.4) is 0 Å². The Hall–Kier alpha value is -3.99. The lowest BCUT2D eigenvalue weighted by Crippen LogP contribution is -2.05. The van der Waals surface area contributed by atoms with E-state index in [1.807, 2.05) is 54.6 Å².